The lowest BCUT2D eigenvalue weighted by molar-refractivity contribution is 0.472. The Bertz CT molecular complexity index is 117. The van der Waals surface area contributed by atoms with Crippen molar-refractivity contribution in [2.75, 3.05) is 13.1 Å². The zero-order valence-electron chi connectivity index (χ0n) is 9.10. The average molecular weight is 184 g/mol. The van der Waals surface area contributed by atoms with E-state index < -0.39 is 0 Å². The first-order valence-corrected chi connectivity index (χ1v) is 5.83. The molecule has 0 radical (unpaired) electrons. The Morgan fingerprint density at radius 1 is 1.15 bits per heavy atom. The summed E-state index contributed by atoms with van der Waals surface area (Å²) >= 11 is 0. The van der Waals surface area contributed by atoms with Crippen LogP contribution in [0.5, 0.6) is 0 Å². The molecular formula is C11H24N2. The van der Waals surface area contributed by atoms with Crippen molar-refractivity contribution in [2.45, 2.75) is 58.0 Å². The SMILES string of the molecule is CCC(CC)NCCCNC1CC1. The molecule has 78 valence electrons. The minimum atomic E-state index is 0.737. The summed E-state index contributed by atoms with van der Waals surface area (Å²) in [5, 5.41) is 7.10. The van der Waals surface area contributed by atoms with Crippen LogP contribution in [0.2, 0.25) is 0 Å². The summed E-state index contributed by atoms with van der Waals surface area (Å²) in [4.78, 5) is 0. The van der Waals surface area contributed by atoms with E-state index in [1.807, 2.05) is 0 Å². The number of hydrogen-bond acceptors (Lipinski definition) is 2. The van der Waals surface area contributed by atoms with Crippen LogP contribution in [0.25, 0.3) is 0 Å². The van der Waals surface area contributed by atoms with E-state index >= 15 is 0 Å². The fourth-order valence-electron chi connectivity index (χ4n) is 1.57. The highest BCUT2D eigenvalue weighted by atomic mass is 15.0. The Balaban J connectivity index is 1.81. The first kappa shape index (κ1) is 11.0. The van der Waals surface area contributed by atoms with Gasteiger partial charge < -0.3 is 10.6 Å². The number of hydrogen-bond donors (Lipinski definition) is 2. The third-order valence-electron chi connectivity index (χ3n) is 2.78. The van der Waals surface area contributed by atoms with Crippen LogP contribution in [0.1, 0.15) is 46.0 Å². The van der Waals surface area contributed by atoms with Crippen molar-refractivity contribution >= 4 is 0 Å². The van der Waals surface area contributed by atoms with E-state index in [4.69, 9.17) is 0 Å². The van der Waals surface area contributed by atoms with Crippen LogP contribution in [0, 0.1) is 0 Å². The van der Waals surface area contributed by atoms with Crippen LogP contribution < -0.4 is 10.6 Å². The smallest absolute Gasteiger partial charge is 0.00682 e. The number of nitrogens with one attached hydrogen (secondary N) is 2. The summed E-state index contributed by atoms with van der Waals surface area (Å²) in [6.07, 6.45) is 6.59. The molecule has 2 heteroatoms. The van der Waals surface area contributed by atoms with E-state index in [9.17, 15) is 0 Å². The molecular weight excluding hydrogens is 160 g/mol. The maximum Gasteiger partial charge on any atom is 0.00682 e. The molecule has 1 aliphatic rings. The van der Waals surface area contributed by atoms with Crippen molar-refractivity contribution in [3.63, 3.8) is 0 Å². The van der Waals surface area contributed by atoms with Gasteiger partial charge in [0.2, 0.25) is 0 Å². The molecule has 0 aromatic carbocycles. The standard InChI is InChI=1S/C11H24N2/c1-3-10(4-2)12-8-5-9-13-11-6-7-11/h10-13H,3-9H2,1-2H3. The van der Waals surface area contributed by atoms with Crippen molar-refractivity contribution in [1.29, 1.82) is 0 Å². The van der Waals surface area contributed by atoms with Gasteiger partial charge in [0.05, 0.1) is 0 Å². The van der Waals surface area contributed by atoms with Crippen molar-refractivity contribution in [2.24, 2.45) is 0 Å². The largest absolute Gasteiger partial charge is 0.314 e. The maximum atomic E-state index is 3.57. The molecule has 0 aromatic rings. The first-order valence-electron chi connectivity index (χ1n) is 5.83. The van der Waals surface area contributed by atoms with E-state index in [-0.39, 0.29) is 0 Å². The van der Waals surface area contributed by atoms with E-state index in [0.717, 1.165) is 12.1 Å². The molecule has 0 spiro atoms. The second-order valence-corrected chi connectivity index (χ2v) is 4.05. The number of rotatable bonds is 8. The summed E-state index contributed by atoms with van der Waals surface area (Å²) in [7, 11) is 0. The van der Waals surface area contributed by atoms with Gasteiger partial charge in [0.15, 0.2) is 0 Å². The lowest BCUT2D eigenvalue weighted by Gasteiger charge is -2.14. The van der Waals surface area contributed by atoms with Crippen LogP contribution in [0.4, 0.5) is 0 Å². The molecule has 0 aromatic heterocycles. The second kappa shape index (κ2) is 6.39. The van der Waals surface area contributed by atoms with Gasteiger partial charge in [-0.15, -0.1) is 0 Å². The van der Waals surface area contributed by atoms with Crippen LogP contribution in [-0.2, 0) is 0 Å². The molecule has 1 rings (SSSR count). The molecule has 0 bridgehead atoms. The van der Waals surface area contributed by atoms with Crippen molar-refractivity contribution in [1.82, 2.24) is 10.6 Å². The Hall–Kier alpha value is -0.0800. The van der Waals surface area contributed by atoms with E-state index in [1.54, 1.807) is 0 Å². The Morgan fingerprint density at radius 3 is 2.38 bits per heavy atom. The molecule has 1 saturated carbocycles. The minimum absolute atomic E-state index is 0.737. The third kappa shape index (κ3) is 5.27. The minimum Gasteiger partial charge on any atom is -0.314 e. The predicted molar refractivity (Wildman–Crippen MR) is 58.0 cm³/mol. The molecule has 13 heavy (non-hydrogen) atoms. The highest BCUT2D eigenvalue weighted by molar-refractivity contribution is 4.80. The molecule has 0 aliphatic heterocycles. The van der Waals surface area contributed by atoms with Crippen molar-refractivity contribution < 1.29 is 0 Å². The summed E-state index contributed by atoms with van der Waals surface area (Å²) in [5.74, 6) is 0. The quantitative estimate of drug-likeness (QED) is 0.563. The van der Waals surface area contributed by atoms with E-state index in [2.05, 4.69) is 24.5 Å². The Kier molecular flexibility index (Phi) is 5.40. The van der Waals surface area contributed by atoms with Gasteiger partial charge in [0.1, 0.15) is 0 Å². The molecule has 2 N–H and O–H groups in total. The van der Waals surface area contributed by atoms with Gasteiger partial charge in [-0.2, -0.15) is 0 Å². The van der Waals surface area contributed by atoms with Gasteiger partial charge in [-0.1, -0.05) is 13.8 Å². The average Bonchev–Trinajstić information content (AvgIpc) is 2.95. The van der Waals surface area contributed by atoms with Crippen LogP contribution in [-0.4, -0.2) is 25.2 Å². The second-order valence-electron chi connectivity index (χ2n) is 4.05. The van der Waals surface area contributed by atoms with Gasteiger partial charge in [-0.3, -0.25) is 0 Å². The van der Waals surface area contributed by atoms with Crippen molar-refractivity contribution in [3.05, 3.63) is 0 Å². The van der Waals surface area contributed by atoms with E-state index in [1.165, 1.54) is 45.2 Å². The normalized spacial score (nSPS) is 16.8. The molecule has 0 saturated heterocycles. The summed E-state index contributed by atoms with van der Waals surface area (Å²) < 4.78 is 0. The van der Waals surface area contributed by atoms with Crippen LogP contribution in [0.3, 0.4) is 0 Å². The fraction of sp³-hybridized carbons (Fsp3) is 1.00. The Labute approximate surface area is 82.5 Å². The predicted octanol–water partition coefficient (Wildman–Crippen LogP) is 1.91. The Morgan fingerprint density at radius 2 is 1.85 bits per heavy atom. The third-order valence-corrected chi connectivity index (χ3v) is 2.78. The summed E-state index contributed by atoms with van der Waals surface area (Å²) in [6.45, 7) is 6.87. The molecule has 0 atom stereocenters. The highest BCUT2D eigenvalue weighted by Gasteiger charge is 2.19. The first-order chi connectivity index (χ1) is 6.36. The van der Waals surface area contributed by atoms with Gasteiger partial charge >= 0.3 is 0 Å². The monoisotopic (exact) mass is 184 g/mol. The lowest BCUT2D eigenvalue weighted by Crippen LogP contribution is -2.30. The molecule has 1 fully saturated rings. The molecule has 2 nitrogen and oxygen atoms in total. The zero-order chi connectivity index (χ0) is 9.52. The summed E-state index contributed by atoms with van der Waals surface area (Å²) in [6, 6.07) is 1.61. The topological polar surface area (TPSA) is 24.1 Å². The highest BCUT2D eigenvalue weighted by Crippen LogP contribution is 2.18. The maximum absolute atomic E-state index is 3.57. The molecule has 0 heterocycles. The van der Waals surface area contributed by atoms with Gasteiger partial charge in [0.25, 0.3) is 0 Å². The van der Waals surface area contributed by atoms with Crippen molar-refractivity contribution in [3.8, 4) is 0 Å². The summed E-state index contributed by atoms with van der Waals surface area (Å²) in [5.41, 5.74) is 0. The molecule has 1 aliphatic carbocycles. The zero-order valence-corrected chi connectivity index (χ0v) is 9.10. The van der Waals surface area contributed by atoms with E-state index in [0.29, 0.717) is 0 Å². The van der Waals surface area contributed by atoms with Gasteiger partial charge in [-0.25, -0.2) is 0 Å². The molecule has 0 unspecified atom stereocenters. The lowest BCUT2D eigenvalue weighted by atomic mass is 10.2. The fourth-order valence-corrected chi connectivity index (χ4v) is 1.57. The van der Waals surface area contributed by atoms with Crippen LogP contribution >= 0.6 is 0 Å². The molecule has 0 amide bonds. The van der Waals surface area contributed by atoms with Crippen LogP contribution in [0.15, 0.2) is 0 Å². The van der Waals surface area contributed by atoms with Gasteiger partial charge in [-0.05, 0) is 45.2 Å². The van der Waals surface area contributed by atoms with Gasteiger partial charge in [0, 0.05) is 12.1 Å².